The van der Waals surface area contributed by atoms with E-state index in [2.05, 4.69) is 15.1 Å². The van der Waals surface area contributed by atoms with Gasteiger partial charge in [0.2, 0.25) is 11.7 Å². The van der Waals surface area contributed by atoms with Crippen LogP contribution >= 0.6 is 11.8 Å². The molecule has 0 atom stereocenters. The van der Waals surface area contributed by atoms with Gasteiger partial charge in [0.15, 0.2) is 5.16 Å². The summed E-state index contributed by atoms with van der Waals surface area (Å²) in [6.07, 6.45) is 1.81. The summed E-state index contributed by atoms with van der Waals surface area (Å²) in [5.74, 6) is 7.62. The van der Waals surface area contributed by atoms with Crippen molar-refractivity contribution in [2.24, 2.45) is 0 Å². The van der Waals surface area contributed by atoms with Crippen LogP contribution in [0.2, 0.25) is 0 Å². The number of imidazole rings is 1. The summed E-state index contributed by atoms with van der Waals surface area (Å²) >= 11 is 1.45. The number of nitrogen functional groups attached to an aromatic ring is 1. The van der Waals surface area contributed by atoms with Gasteiger partial charge in [-0.2, -0.15) is 4.98 Å². The van der Waals surface area contributed by atoms with Crippen molar-refractivity contribution < 1.29 is 4.52 Å². The van der Waals surface area contributed by atoms with Crippen LogP contribution in [0.3, 0.4) is 0 Å². The van der Waals surface area contributed by atoms with Crippen molar-refractivity contribution in [3.8, 4) is 22.6 Å². The van der Waals surface area contributed by atoms with Gasteiger partial charge in [0.25, 0.3) is 0 Å². The van der Waals surface area contributed by atoms with Gasteiger partial charge in [-0.15, -0.1) is 0 Å². The zero-order valence-electron chi connectivity index (χ0n) is 13.2. The van der Waals surface area contributed by atoms with Crippen LogP contribution in [0.4, 0.5) is 0 Å². The molecule has 2 heterocycles. The Morgan fingerprint density at radius 3 is 2.32 bits per heavy atom. The molecular weight excluding hydrogens is 334 g/mol. The van der Waals surface area contributed by atoms with Crippen LogP contribution in [-0.4, -0.2) is 19.8 Å². The minimum Gasteiger partial charge on any atom is -0.338 e. The van der Waals surface area contributed by atoms with Crippen molar-refractivity contribution in [1.82, 2.24) is 19.8 Å². The molecule has 0 saturated heterocycles. The largest absolute Gasteiger partial charge is 0.338 e. The molecule has 6 nitrogen and oxygen atoms in total. The molecule has 124 valence electrons. The molecular formula is C18H15N5OS. The van der Waals surface area contributed by atoms with E-state index in [1.54, 1.807) is 6.20 Å². The third kappa shape index (κ3) is 3.41. The van der Waals surface area contributed by atoms with Crippen molar-refractivity contribution in [3.05, 3.63) is 72.8 Å². The third-order valence-corrected chi connectivity index (χ3v) is 4.54. The number of thioether (sulfide) groups is 1. The van der Waals surface area contributed by atoms with Gasteiger partial charge in [0, 0.05) is 11.1 Å². The second-order valence-corrected chi connectivity index (χ2v) is 6.29. The average molecular weight is 349 g/mol. The molecule has 0 spiro atoms. The van der Waals surface area contributed by atoms with Crippen molar-refractivity contribution in [3.63, 3.8) is 0 Å². The molecule has 0 aliphatic rings. The predicted molar refractivity (Wildman–Crippen MR) is 97.1 cm³/mol. The summed E-state index contributed by atoms with van der Waals surface area (Å²) in [5.41, 5.74) is 2.79. The zero-order chi connectivity index (χ0) is 17.1. The lowest BCUT2D eigenvalue weighted by Crippen LogP contribution is -2.07. The molecule has 25 heavy (non-hydrogen) atoms. The van der Waals surface area contributed by atoms with E-state index in [0.29, 0.717) is 22.6 Å². The van der Waals surface area contributed by atoms with Crippen LogP contribution in [0.5, 0.6) is 0 Å². The van der Waals surface area contributed by atoms with Crippen molar-refractivity contribution in [1.29, 1.82) is 0 Å². The smallest absolute Gasteiger partial charge is 0.237 e. The minimum atomic E-state index is 0.502. The monoisotopic (exact) mass is 349 g/mol. The van der Waals surface area contributed by atoms with Gasteiger partial charge in [-0.1, -0.05) is 77.6 Å². The number of aromatic nitrogens is 4. The van der Waals surface area contributed by atoms with E-state index in [9.17, 15) is 0 Å². The number of nitrogens with two attached hydrogens (primary N) is 1. The minimum absolute atomic E-state index is 0.502. The Kier molecular flexibility index (Phi) is 4.22. The molecule has 2 aromatic carbocycles. The van der Waals surface area contributed by atoms with E-state index < -0.39 is 0 Å². The number of nitrogens with zero attached hydrogens (tertiary/aromatic N) is 4. The highest BCUT2D eigenvalue weighted by Gasteiger charge is 2.12. The highest BCUT2D eigenvalue weighted by atomic mass is 32.2. The highest BCUT2D eigenvalue weighted by Crippen LogP contribution is 2.25. The molecule has 7 heteroatoms. The van der Waals surface area contributed by atoms with Gasteiger partial charge >= 0.3 is 0 Å². The summed E-state index contributed by atoms with van der Waals surface area (Å²) in [4.78, 5) is 8.98. The van der Waals surface area contributed by atoms with E-state index >= 15 is 0 Å². The van der Waals surface area contributed by atoms with E-state index in [4.69, 9.17) is 10.4 Å². The number of hydrogen-bond acceptors (Lipinski definition) is 6. The highest BCUT2D eigenvalue weighted by molar-refractivity contribution is 7.98. The lowest BCUT2D eigenvalue weighted by molar-refractivity contribution is 0.391. The Balaban J connectivity index is 1.47. The molecule has 2 N–H and O–H groups in total. The Labute approximate surface area is 148 Å². The van der Waals surface area contributed by atoms with Gasteiger partial charge in [-0.3, -0.25) is 0 Å². The lowest BCUT2D eigenvalue weighted by Gasteiger charge is -1.97. The van der Waals surface area contributed by atoms with Crippen LogP contribution < -0.4 is 5.84 Å². The number of rotatable bonds is 5. The molecule has 0 bridgehead atoms. The van der Waals surface area contributed by atoms with Gasteiger partial charge in [-0.05, 0) is 0 Å². The van der Waals surface area contributed by atoms with E-state index in [1.807, 2.05) is 60.7 Å². The van der Waals surface area contributed by atoms with Gasteiger partial charge in [0.05, 0.1) is 17.6 Å². The van der Waals surface area contributed by atoms with Crippen molar-refractivity contribution in [2.45, 2.75) is 10.9 Å². The number of hydrogen-bond donors (Lipinski definition) is 1. The summed E-state index contributed by atoms with van der Waals surface area (Å²) in [6.45, 7) is 0. The van der Waals surface area contributed by atoms with Gasteiger partial charge in [0.1, 0.15) is 0 Å². The standard InChI is InChI=1S/C18H15N5OS/c19-23-11-15(13-7-3-1-4-8-13)20-18(23)25-12-16-21-17(22-24-16)14-9-5-2-6-10-14/h1-11H,12,19H2. The first-order chi connectivity index (χ1) is 12.3. The normalized spacial score (nSPS) is 10.9. The van der Waals surface area contributed by atoms with E-state index in [0.717, 1.165) is 16.8 Å². The van der Waals surface area contributed by atoms with Crippen LogP contribution in [0.25, 0.3) is 22.6 Å². The van der Waals surface area contributed by atoms with E-state index in [-0.39, 0.29) is 0 Å². The maximum absolute atomic E-state index is 6.01. The molecule has 0 amide bonds. The first-order valence-electron chi connectivity index (χ1n) is 7.70. The second kappa shape index (κ2) is 6.82. The fraction of sp³-hybridized carbons (Fsp3) is 0.0556. The lowest BCUT2D eigenvalue weighted by atomic mass is 10.2. The summed E-state index contributed by atoms with van der Waals surface area (Å²) in [5, 5.41) is 4.71. The van der Waals surface area contributed by atoms with Crippen molar-refractivity contribution in [2.75, 3.05) is 5.84 Å². The maximum Gasteiger partial charge on any atom is 0.237 e. The summed E-state index contributed by atoms with van der Waals surface area (Å²) < 4.78 is 6.83. The molecule has 4 rings (SSSR count). The molecule has 0 fully saturated rings. The molecule has 2 aromatic heterocycles. The molecule has 0 saturated carbocycles. The third-order valence-electron chi connectivity index (χ3n) is 3.59. The molecule has 4 aromatic rings. The Morgan fingerprint density at radius 2 is 1.60 bits per heavy atom. The number of benzene rings is 2. The topological polar surface area (TPSA) is 82.8 Å². The second-order valence-electron chi connectivity index (χ2n) is 5.35. The van der Waals surface area contributed by atoms with Crippen LogP contribution in [0.1, 0.15) is 5.89 Å². The fourth-order valence-electron chi connectivity index (χ4n) is 2.38. The average Bonchev–Trinajstić information content (AvgIpc) is 3.28. The zero-order valence-corrected chi connectivity index (χ0v) is 14.1. The molecule has 0 aliphatic heterocycles. The van der Waals surface area contributed by atoms with Gasteiger partial charge in [-0.25, -0.2) is 9.66 Å². The molecule has 0 radical (unpaired) electrons. The fourth-order valence-corrected chi connectivity index (χ4v) is 3.11. The summed E-state index contributed by atoms with van der Waals surface area (Å²) in [7, 11) is 0. The van der Waals surface area contributed by atoms with Crippen LogP contribution in [0.15, 0.2) is 76.5 Å². The van der Waals surface area contributed by atoms with Gasteiger partial charge < -0.3 is 10.4 Å². The first-order valence-corrected chi connectivity index (χ1v) is 8.69. The predicted octanol–water partition coefficient (Wildman–Crippen LogP) is 3.61. The first kappa shape index (κ1) is 15.5. The van der Waals surface area contributed by atoms with E-state index in [1.165, 1.54) is 16.4 Å². The van der Waals surface area contributed by atoms with Crippen molar-refractivity contribution >= 4 is 11.8 Å². The SMILES string of the molecule is Nn1cc(-c2ccccc2)nc1SCc1nc(-c2ccccc2)no1. The van der Waals surface area contributed by atoms with Crippen LogP contribution in [-0.2, 0) is 5.75 Å². The molecule has 0 unspecified atom stereocenters. The maximum atomic E-state index is 6.01. The Morgan fingerprint density at radius 1 is 0.920 bits per heavy atom. The quantitative estimate of drug-likeness (QED) is 0.438. The van der Waals surface area contributed by atoms with Crippen LogP contribution in [0, 0.1) is 0 Å². The molecule has 0 aliphatic carbocycles. The summed E-state index contributed by atoms with van der Waals surface area (Å²) in [6, 6.07) is 19.6. The Bertz CT molecular complexity index is 966. The Hall–Kier alpha value is -3.06.